The summed E-state index contributed by atoms with van der Waals surface area (Å²) in [6.07, 6.45) is 8.19. The number of amides is 2. The van der Waals surface area contributed by atoms with Crippen LogP contribution in [0.3, 0.4) is 0 Å². The van der Waals surface area contributed by atoms with Crippen molar-refractivity contribution in [3.8, 4) is 33.5 Å². The van der Waals surface area contributed by atoms with Crippen molar-refractivity contribution < 1.29 is 14.3 Å². The number of ether oxygens (including phenoxy) is 1. The van der Waals surface area contributed by atoms with Crippen molar-refractivity contribution in [3.05, 3.63) is 83.6 Å². The summed E-state index contributed by atoms with van der Waals surface area (Å²) in [5.41, 5.74) is 12.5. The van der Waals surface area contributed by atoms with E-state index in [0.717, 1.165) is 46.8 Å². The molecule has 55 heavy (non-hydrogen) atoms. The van der Waals surface area contributed by atoms with Crippen LogP contribution in [0.5, 0.6) is 0 Å². The fourth-order valence-electron chi connectivity index (χ4n) is 10.2. The molecule has 10 nitrogen and oxygen atoms in total. The van der Waals surface area contributed by atoms with E-state index in [4.69, 9.17) is 14.7 Å². The van der Waals surface area contributed by atoms with E-state index in [9.17, 15) is 9.59 Å². The van der Waals surface area contributed by atoms with Crippen LogP contribution >= 0.6 is 0 Å². The Labute approximate surface area is 323 Å². The van der Waals surface area contributed by atoms with Gasteiger partial charge in [-0.3, -0.25) is 9.69 Å². The Morgan fingerprint density at radius 2 is 1.53 bits per heavy atom. The number of hydrogen-bond donors (Lipinski definition) is 3. The van der Waals surface area contributed by atoms with Crippen molar-refractivity contribution in [2.75, 3.05) is 20.7 Å². The molecule has 4 aliphatic rings. The van der Waals surface area contributed by atoms with E-state index in [1.807, 2.05) is 24.9 Å². The third-order valence-corrected chi connectivity index (χ3v) is 13.3. The number of methoxy groups -OCH3 is 1. The van der Waals surface area contributed by atoms with Crippen LogP contribution in [-0.2, 0) is 9.53 Å². The summed E-state index contributed by atoms with van der Waals surface area (Å²) in [7, 11) is 3.53. The van der Waals surface area contributed by atoms with Gasteiger partial charge in [0, 0.05) is 12.6 Å². The van der Waals surface area contributed by atoms with Crippen LogP contribution in [-0.4, -0.2) is 74.5 Å². The number of fused-ring (bicyclic) bond motifs is 6. The highest BCUT2D eigenvalue weighted by Gasteiger charge is 2.42. The second-order valence-corrected chi connectivity index (χ2v) is 17.1. The van der Waals surface area contributed by atoms with Crippen LogP contribution in [0.15, 0.2) is 60.8 Å². The van der Waals surface area contributed by atoms with Gasteiger partial charge in [-0.2, -0.15) is 0 Å². The Morgan fingerprint density at radius 1 is 0.836 bits per heavy atom. The number of carbonyl (C=O) groups is 2. The number of rotatable bonds is 8. The number of imidazole rings is 2. The van der Waals surface area contributed by atoms with Crippen molar-refractivity contribution in [1.29, 1.82) is 0 Å². The van der Waals surface area contributed by atoms with Gasteiger partial charge < -0.3 is 24.9 Å². The summed E-state index contributed by atoms with van der Waals surface area (Å²) < 4.78 is 4.81. The van der Waals surface area contributed by atoms with Gasteiger partial charge >= 0.3 is 6.09 Å². The number of nitrogens with zero attached hydrogens (tertiary/aromatic N) is 4. The maximum Gasteiger partial charge on any atom is 0.407 e. The van der Waals surface area contributed by atoms with Crippen molar-refractivity contribution in [2.45, 2.75) is 102 Å². The number of H-pyrrole nitrogens is 2. The molecule has 2 amide bonds. The first kappa shape index (κ1) is 35.7. The van der Waals surface area contributed by atoms with Gasteiger partial charge in [0.25, 0.3) is 0 Å². The van der Waals surface area contributed by atoms with Crippen molar-refractivity contribution in [1.82, 2.24) is 35.1 Å². The number of carbonyl (C=O) groups excluding carboxylic acids is 2. The van der Waals surface area contributed by atoms with Gasteiger partial charge in [0.1, 0.15) is 17.7 Å². The molecule has 9 rings (SSSR count). The van der Waals surface area contributed by atoms with Gasteiger partial charge in [-0.05, 0) is 127 Å². The average Bonchev–Trinajstić information content (AvgIpc) is 4.05. The Hall–Kier alpha value is -4.96. The van der Waals surface area contributed by atoms with Crippen LogP contribution in [0, 0.1) is 11.8 Å². The van der Waals surface area contributed by atoms with Crippen molar-refractivity contribution >= 4 is 23.0 Å². The Kier molecular flexibility index (Phi) is 9.07. The quantitative estimate of drug-likeness (QED) is 0.146. The molecule has 3 fully saturated rings. The number of nitrogens with one attached hydrogen (secondary N) is 3. The van der Waals surface area contributed by atoms with Gasteiger partial charge in [0.2, 0.25) is 5.91 Å². The number of likely N-dealkylation sites (tertiary alicyclic amines) is 2. The first-order chi connectivity index (χ1) is 26.6. The summed E-state index contributed by atoms with van der Waals surface area (Å²) in [6, 6.07) is 20.4. The summed E-state index contributed by atoms with van der Waals surface area (Å²) in [5.74, 6) is 3.18. The van der Waals surface area contributed by atoms with Crippen molar-refractivity contribution in [2.24, 2.45) is 11.8 Å². The zero-order chi connectivity index (χ0) is 38.1. The van der Waals surface area contributed by atoms with Gasteiger partial charge in [-0.1, -0.05) is 63.2 Å². The number of alkyl carbamates (subject to hydrolysis) is 1. The summed E-state index contributed by atoms with van der Waals surface area (Å²) in [5, 5.41) is 2.75. The zero-order valence-electron chi connectivity index (χ0n) is 32.9. The minimum atomic E-state index is -0.672. The lowest BCUT2D eigenvalue weighted by atomic mass is 9.81. The van der Waals surface area contributed by atoms with E-state index in [1.165, 1.54) is 55.0 Å². The zero-order valence-corrected chi connectivity index (χ0v) is 32.9. The Balaban J connectivity index is 0.974. The fourth-order valence-corrected chi connectivity index (χ4v) is 10.2. The molecule has 10 heteroatoms. The highest BCUT2D eigenvalue weighted by molar-refractivity contribution is 5.87. The smallest absolute Gasteiger partial charge is 0.407 e. The molecule has 2 aliphatic carbocycles. The molecule has 3 N–H and O–H groups in total. The normalized spacial score (nSPS) is 25.3. The molecule has 286 valence electrons. The second-order valence-electron chi connectivity index (χ2n) is 17.1. The number of aromatic nitrogens is 4. The summed E-state index contributed by atoms with van der Waals surface area (Å²) >= 11 is 0. The maximum absolute atomic E-state index is 13.8. The second kappa shape index (κ2) is 14.0. The van der Waals surface area contributed by atoms with E-state index in [-0.39, 0.29) is 17.9 Å². The maximum atomic E-state index is 13.8. The molecule has 0 radical (unpaired) electrons. The SMILES string of the molecule is COC(=O)NC(C(=O)N1CC(C)CC1c1ncc(-c2ccc(-c3ccc(-c4ccc5nc(C6CCC(C)N6C)[nH]c5c4)c4c3C3CCC4C3)cc2)[nH]1)C(C)C. The average molecular weight is 740 g/mol. The molecule has 7 atom stereocenters. The highest BCUT2D eigenvalue weighted by Crippen LogP contribution is 2.58. The molecular weight excluding hydrogens is 687 g/mol. The monoisotopic (exact) mass is 739 g/mol. The van der Waals surface area contributed by atoms with Gasteiger partial charge in [-0.25, -0.2) is 14.8 Å². The molecular formula is C45H53N7O3. The standard InChI is InChI=1S/C45H53N7O3/c1-24(2)41(50-45(54)55-6)44(53)52-23-25(3)19-38(52)42-46-22-36(49-42)28-10-8-27(9-11-28)32-15-16-33(40-31-13-12-30(20-31)39(32)40)29-14-17-34-35(21-29)48-43(47-34)37-18-7-26(4)51(37)5/h8-11,14-17,21-22,24-26,30-31,37-38,41H,7,12-13,18-20,23H2,1-6H3,(H,46,49)(H,47,48)(H,50,54). The van der Waals surface area contributed by atoms with E-state index in [1.54, 1.807) is 11.1 Å². The predicted octanol–water partition coefficient (Wildman–Crippen LogP) is 9.10. The molecule has 4 heterocycles. The van der Waals surface area contributed by atoms with Gasteiger partial charge in [0.15, 0.2) is 0 Å². The molecule has 5 aromatic rings. The molecule has 2 saturated heterocycles. The highest BCUT2D eigenvalue weighted by atomic mass is 16.5. The lowest BCUT2D eigenvalue weighted by molar-refractivity contribution is -0.135. The molecule has 0 spiro atoms. The van der Waals surface area contributed by atoms with Gasteiger partial charge in [-0.15, -0.1) is 0 Å². The topological polar surface area (TPSA) is 119 Å². The lowest BCUT2D eigenvalue weighted by Gasteiger charge is -2.30. The Bertz CT molecular complexity index is 2260. The van der Waals surface area contributed by atoms with E-state index >= 15 is 0 Å². The van der Waals surface area contributed by atoms with Crippen LogP contribution in [0.25, 0.3) is 44.5 Å². The summed E-state index contributed by atoms with van der Waals surface area (Å²) in [6.45, 7) is 8.93. The first-order valence-corrected chi connectivity index (χ1v) is 20.3. The number of hydrogen-bond acceptors (Lipinski definition) is 6. The fraction of sp³-hybridized carbons (Fsp3) is 0.467. The molecule has 2 aliphatic heterocycles. The van der Waals surface area contributed by atoms with E-state index in [2.05, 4.69) is 95.7 Å². The molecule has 2 bridgehead atoms. The minimum Gasteiger partial charge on any atom is -0.453 e. The van der Waals surface area contributed by atoms with Crippen LogP contribution < -0.4 is 5.32 Å². The van der Waals surface area contributed by atoms with Crippen LogP contribution in [0.2, 0.25) is 0 Å². The molecule has 2 aromatic heterocycles. The van der Waals surface area contributed by atoms with Crippen molar-refractivity contribution in [3.63, 3.8) is 0 Å². The van der Waals surface area contributed by atoms with E-state index < -0.39 is 12.1 Å². The van der Waals surface area contributed by atoms with Gasteiger partial charge in [0.05, 0.1) is 42.1 Å². The molecule has 1 saturated carbocycles. The van der Waals surface area contributed by atoms with E-state index in [0.29, 0.717) is 36.4 Å². The molecule has 7 unspecified atom stereocenters. The Morgan fingerprint density at radius 3 is 2.20 bits per heavy atom. The first-order valence-electron chi connectivity index (χ1n) is 20.3. The number of aromatic amines is 2. The van der Waals surface area contributed by atoms with Crippen LogP contribution in [0.1, 0.15) is 113 Å². The molecule has 3 aromatic carbocycles. The lowest BCUT2D eigenvalue weighted by Crippen LogP contribution is -2.51. The van der Waals surface area contributed by atoms with Crippen LogP contribution in [0.4, 0.5) is 4.79 Å². The third kappa shape index (κ3) is 6.22. The third-order valence-electron chi connectivity index (χ3n) is 13.3. The largest absolute Gasteiger partial charge is 0.453 e. The predicted molar refractivity (Wildman–Crippen MR) is 215 cm³/mol. The number of benzene rings is 3. The summed E-state index contributed by atoms with van der Waals surface area (Å²) in [4.78, 5) is 47.2. The minimum absolute atomic E-state index is 0.0887.